The van der Waals surface area contributed by atoms with Crippen molar-refractivity contribution < 1.29 is 18.3 Å². The van der Waals surface area contributed by atoms with E-state index in [0.717, 1.165) is 6.07 Å². The van der Waals surface area contributed by atoms with Crippen molar-refractivity contribution in [3.63, 3.8) is 0 Å². The second-order valence-corrected chi connectivity index (χ2v) is 7.08. The van der Waals surface area contributed by atoms with Crippen LogP contribution in [0.1, 0.15) is 27.2 Å². The Hall–Kier alpha value is -3.38. The van der Waals surface area contributed by atoms with Crippen LogP contribution in [-0.2, 0) is 6.61 Å². The van der Waals surface area contributed by atoms with E-state index in [2.05, 4.69) is 9.97 Å². The Balaban J connectivity index is 1.66. The first-order chi connectivity index (χ1) is 14.4. The number of halogens is 3. The predicted molar refractivity (Wildman–Crippen MR) is 110 cm³/mol. The number of hydrogen-bond donors (Lipinski definition) is 0. The highest BCUT2D eigenvalue weighted by molar-refractivity contribution is 6.36. The molecule has 1 heterocycles. The van der Waals surface area contributed by atoms with Crippen molar-refractivity contribution in [2.45, 2.75) is 13.5 Å². The summed E-state index contributed by atoms with van der Waals surface area (Å²) in [5, 5.41) is -0.146. The van der Waals surface area contributed by atoms with Gasteiger partial charge in [-0.25, -0.2) is 13.8 Å². The molecule has 0 bridgehead atoms. The van der Waals surface area contributed by atoms with Gasteiger partial charge in [0.25, 0.3) is 0 Å². The number of aryl methyl sites for hydroxylation is 1. The first-order valence-electron chi connectivity index (χ1n) is 9.06. The first kappa shape index (κ1) is 19.9. The third-order valence-corrected chi connectivity index (χ3v) is 4.87. The second kappa shape index (κ2) is 8.16. The SMILES string of the molecule is Cc1cnc2ccc(C(=O)c3c(F)ccc(OCc4cccc(F)c4)c3Cl)cc2n1. The first-order valence-corrected chi connectivity index (χ1v) is 9.43. The molecule has 0 amide bonds. The Morgan fingerprint density at radius 2 is 1.90 bits per heavy atom. The molecule has 4 nitrogen and oxygen atoms in total. The molecule has 4 aromatic rings. The number of carbonyl (C=O) groups is 1. The fourth-order valence-corrected chi connectivity index (χ4v) is 3.32. The third kappa shape index (κ3) is 4.00. The number of rotatable bonds is 5. The Morgan fingerprint density at radius 3 is 2.70 bits per heavy atom. The Morgan fingerprint density at radius 1 is 1.07 bits per heavy atom. The topological polar surface area (TPSA) is 52.1 Å². The molecule has 0 aliphatic rings. The Kier molecular flexibility index (Phi) is 5.42. The molecule has 0 radical (unpaired) electrons. The second-order valence-electron chi connectivity index (χ2n) is 6.70. The molecular weight excluding hydrogens is 410 g/mol. The minimum atomic E-state index is -0.765. The van der Waals surface area contributed by atoms with Gasteiger partial charge in [0.15, 0.2) is 5.78 Å². The zero-order valence-corrected chi connectivity index (χ0v) is 16.6. The van der Waals surface area contributed by atoms with Crippen molar-refractivity contribution in [3.05, 3.63) is 99.8 Å². The van der Waals surface area contributed by atoms with Gasteiger partial charge in [-0.05, 0) is 55.0 Å². The van der Waals surface area contributed by atoms with Crippen LogP contribution >= 0.6 is 11.6 Å². The molecule has 0 N–H and O–H groups in total. The highest BCUT2D eigenvalue weighted by Crippen LogP contribution is 2.33. The van der Waals surface area contributed by atoms with Crippen LogP contribution in [0.15, 0.2) is 60.8 Å². The van der Waals surface area contributed by atoms with Crippen LogP contribution in [0.4, 0.5) is 8.78 Å². The van der Waals surface area contributed by atoms with Gasteiger partial charge in [0, 0.05) is 11.8 Å². The van der Waals surface area contributed by atoms with Gasteiger partial charge in [-0.3, -0.25) is 9.78 Å². The molecule has 7 heteroatoms. The van der Waals surface area contributed by atoms with E-state index in [-0.39, 0.29) is 28.5 Å². The van der Waals surface area contributed by atoms with Crippen LogP contribution in [0.3, 0.4) is 0 Å². The Bertz CT molecular complexity index is 1280. The smallest absolute Gasteiger partial charge is 0.197 e. The summed E-state index contributed by atoms with van der Waals surface area (Å²) < 4.78 is 33.5. The van der Waals surface area contributed by atoms with Gasteiger partial charge in [-0.2, -0.15) is 0 Å². The molecule has 0 saturated carbocycles. The molecule has 150 valence electrons. The standard InChI is InChI=1S/C23H15ClF2N2O2/c1-13-11-27-18-7-5-15(10-19(18)28-13)23(29)21-17(26)6-8-20(22(21)24)30-12-14-3-2-4-16(25)9-14/h2-11H,12H2,1H3. The fourth-order valence-electron chi connectivity index (χ4n) is 3.03. The maximum absolute atomic E-state index is 14.5. The van der Waals surface area contributed by atoms with Crippen molar-refractivity contribution in [1.82, 2.24) is 9.97 Å². The zero-order chi connectivity index (χ0) is 21.3. The molecule has 0 unspecified atom stereocenters. The molecule has 1 aromatic heterocycles. The van der Waals surface area contributed by atoms with Crippen LogP contribution in [0.2, 0.25) is 5.02 Å². The Labute approximate surface area is 176 Å². The minimum Gasteiger partial charge on any atom is -0.487 e. The summed E-state index contributed by atoms with van der Waals surface area (Å²) in [6.07, 6.45) is 1.62. The van der Waals surface area contributed by atoms with E-state index in [1.165, 1.54) is 18.2 Å². The molecule has 0 fully saturated rings. The molecular formula is C23H15ClF2N2O2. The van der Waals surface area contributed by atoms with Crippen LogP contribution in [0.5, 0.6) is 5.75 Å². The normalized spacial score (nSPS) is 10.9. The van der Waals surface area contributed by atoms with Crippen molar-refractivity contribution in [1.29, 1.82) is 0 Å². The van der Waals surface area contributed by atoms with E-state index >= 15 is 0 Å². The fraction of sp³-hybridized carbons (Fsp3) is 0.0870. The lowest BCUT2D eigenvalue weighted by molar-refractivity contribution is 0.103. The summed E-state index contributed by atoms with van der Waals surface area (Å²) in [6.45, 7) is 1.80. The van der Waals surface area contributed by atoms with Crippen molar-refractivity contribution in [2.24, 2.45) is 0 Å². The highest BCUT2D eigenvalue weighted by Gasteiger charge is 2.22. The van der Waals surface area contributed by atoms with Crippen molar-refractivity contribution in [3.8, 4) is 5.75 Å². The average Bonchev–Trinajstić information content (AvgIpc) is 2.72. The lowest BCUT2D eigenvalue weighted by Gasteiger charge is -2.12. The van der Waals surface area contributed by atoms with Crippen LogP contribution in [0.25, 0.3) is 11.0 Å². The number of benzene rings is 3. The summed E-state index contributed by atoms with van der Waals surface area (Å²) >= 11 is 6.31. The summed E-state index contributed by atoms with van der Waals surface area (Å²) in [5.74, 6) is -1.63. The molecule has 0 aliphatic heterocycles. The monoisotopic (exact) mass is 424 g/mol. The predicted octanol–water partition coefficient (Wildman–Crippen LogP) is 5.68. The van der Waals surface area contributed by atoms with E-state index in [4.69, 9.17) is 16.3 Å². The molecule has 3 aromatic carbocycles. The van der Waals surface area contributed by atoms with Gasteiger partial charge in [0.1, 0.15) is 24.0 Å². The number of aromatic nitrogens is 2. The summed E-state index contributed by atoms with van der Waals surface area (Å²) in [6, 6.07) is 13.1. The number of nitrogens with zero attached hydrogens (tertiary/aromatic N) is 2. The molecule has 4 rings (SSSR count). The molecule has 0 spiro atoms. The van der Waals surface area contributed by atoms with E-state index in [9.17, 15) is 13.6 Å². The average molecular weight is 425 g/mol. The molecule has 0 saturated heterocycles. The number of ether oxygens (including phenoxy) is 1. The number of fused-ring (bicyclic) bond motifs is 1. The highest BCUT2D eigenvalue weighted by atomic mass is 35.5. The number of carbonyl (C=O) groups excluding carboxylic acids is 1. The van der Waals surface area contributed by atoms with E-state index < -0.39 is 17.4 Å². The maximum Gasteiger partial charge on any atom is 0.197 e. The maximum atomic E-state index is 14.5. The quantitative estimate of drug-likeness (QED) is 0.387. The third-order valence-electron chi connectivity index (χ3n) is 4.49. The lowest BCUT2D eigenvalue weighted by atomic mass is 10.0. The van der Waals surface area contributed by atoms with E-state index in [1.54, 1.807) is 43.5 Å². The van der Waals surface area contributed by atoms with Gasteiger partial charge in [0.2, 0.25) is 0 Å². The van der Waals surface area contributed by atoms with Crippen LogP contribution < -0.4 is 4.74 Å². The molecule has 0 aliphatic carbocycles. The molecule has 30 heavy (non-hydrogen) atoms. The van der Waals surface area contributed by atoms with Crippen LogP contribution in [0, 0.1) is 18.6 Å². The summed E-state index contributed by atoms with van der Waals surface area (Å²) in [4.78, 5) is 21.6. The van der Waals surface area contributed by atoms with Gasteiger partial charge in [0.05, 0.1) is 27.3 Å². The number of ketones is 1. The van der Waals surface area contributed by atoms with Gasteiger partial charge < -0.3 is 4.74 Å². The largest absolute Gasteiger partial charge is 0.487 e. The van der Waals surface area contributed by atoms with Crippen LogP contribution in [-0.4, -0.2) is 15.8 Å². The van der Waals surface area contributed by atoms with E-state index in [1.807, 2.05) is 0 Å². The van der Waals surface area contributed by atoms with Gasteiger partial charge in [-0.15, -0.1) is 0 Å². The van der Waals surface area contributed by atoms with Gasteiger partial charge in [-0.1, -0.05) is 23.7 Å². The lowest BCUT2D eigenvalue weighted by Crippen LogP contribution is -2.07. The summed E-state index contributed by atoms with van der Waals surface area (Å²) in [5.41, 5.74) is 2.35. The minimum absolute atomic E-state index is 0.0155. The van der Waals surface area contributed by atoms with Gasteiger partial charge >= 0.3 is 0 Å². The van der Waals surface area contributed by atoms with Crippen molar-refractivity contribution in [2.75, 3.05) is 0 Å². The number of hydrogen-bond acceptors (Lipinski definition) is 4. The van der Waals surface area contributed by atoms with Crippen molar-refractivity contribution >= 4 is 28.4 Å². The summed E-state index contributed by atoms with van der Waals surface area (Å²) in [7, 11) is 0. The van der Waals surface area contributed by atoms with E-state index in [0.29, 0.717) is 22.3 Å². The zero-order valence-electron chi connectivity index (χ0n) is 15.8. The molecule has 0 atom stereocenters.